The van der Waals surface area contributed by atoms with Gasteiger partial charge in [-0.15, -0.1) is 0 Å². The van der Waals surface area contributed by atoms with Gasteiger partial charge in [0.25, 0.3) is 5.91 Å². The number of anilines is 1. The highest BCUT2D eigenvalue weighted by Gasteiger charge is 2.36. The SMILES string of the molecule is COc1cc(C(C(=O)NC2CCCCC2)N(C(=O)c2cc3ccccc3[nH]2)c2ccc(C(C)C)cc2)cc(OC)c1OC. The number of methoxy groups -OCH3 is 3. The number of nitrogens with zero attached hydrogens (tertiary/aromatic N) is 1. The van der Waals surface area contributed by atoms with E-state index in [9.17, 15) is 9.59 Å². The van der Waals surface area contributed by atoms with Crippen molar-refractivity contribution in [2.75, 3.05) is 26.2 Å². The van der Waals surface area contributed by atoms with E-state index < -0.39 is 6.04 Å². The normalized spacial score (nSPS) is 14.4. The molecule has 1 aliphatic rings. The Morgan fingerprint density at radius 2 is 1.49 bits per heavy atom. The predicted octanol–water partition coefficient (Wildman–Crippen LogP) is 7.15. The van der Waals surface area contributed by atoms with Crippen molar-refractivity contribution in [1.29, 1.82) is 0 Å². The zero-order chi connectivity index (χ0) is 30.5. The van der Waals surface area contributed by atoms with Crippen LogP contribution in [0.4, 0.5) is 5.69 Å². The summed E-state index contributed by atoms with van der Waals surface area (Å²) in [6, 6.07) is 19.9. The Morgan fingerprint density at radius 3 is 2.07 bits per heavy atom. The number of fused-ring (bicyclic) bond motifs is 1. The van der Waals surface area contributed by atoms with Crippen molar-refractivity contribution in [2.45, 2.75) is 64.0 Å². The zero-order valence-corrected chi connectivity index (χ0v) is 25.6. The maximum Gasteiger partial charge on any atom is 0.275 e. The number of H-pyrrole nitrogens is 1. The summed E-state index contributed by atoms with van der Waals surface area (Å²) in [4.78, 5) is 33.9. The molecule has 1 heterocycles. The first-order valence-corrected chi connectivity index (χ1v) is 15.0. The fourth-order valence-corrected chi connectivity index (χ4v) is 5.93. The lowest BCUT2D eigenvalue weighted by atomic mass is 9.94. The smallest absolute Gasteiger partial charge is 0.275 e. The number of rotatable bonds is 10. The van der Waals surface area contributed by atoms with Crippen LogP contribution in [-0.2, 0) is 4.79 Å². The Balaban J connectivity index is 1.69. The standard InChI is InChI=1S/C35H41N3O5/c1-22(2)23-15-17-27(18-16-23)38(35(40)29-19-24-11-9-10-14-28(24)37-29)32(34(39)36-26-12-7-6-8-13-26)25-20-30(41-3)33(43-5)31(21-25)42-4/h9-11,14-22,26,32,37H,6-8,12-13H2,1-5H3,(H,36,39). The van der Waals surface area contributed by atoms with Crippen LogP contribution in [0, 0.1) is 0 Å². The second kappa shape index (κ2) is 13.2. The Hall–Kier alpha value is -4.46. The number of aromatic amines is 1. The van der Waals surface area contributed by atoms with Crippen molar-refractivity contribution < 1.29 is 23.8 Å². The van der Waals surface area contributed by atoms with E-state index in [-0.39, 0.29) is 17.9 Å². The first-order valence-electron chi connectivity index (χ1n) is 15.0. The molecule has 226 valence electrons. The lowest BCUT2D eigenvalue weighted by Gasteiger charge is -2.34. The molecule has 43 heavy (non-hydrogen) atoms. The van der Waals surface area contributed by atoms with Crippen LogP contribution in [0.3, 0.4) is 0 Å². The van der Waals surface area contributed by atoms with Crippen molar-refractivity contribution in [3.05, 3.63) is 83.6 Å². The Labute approximate surface area is 253 Å². The molecule has 4 aromatic rings. The highest BCUT2D eigenvalue weighted by molar-refractivity contribution is 6.11. The molecule has 8 heteroatoms. The molecule has 1 aliphatic carbocycles. The van der Waals surface area contributed by atoms with Gasteiger partial charge >= 0.3 is 0 Å². The third-order valence-electron chi connectivity index (χ3n) is 8.28. The fraction of sp³-hybridized carbons (Fsp3) is 0.371. The average molecular weight is 584 g/mol. The van der Waals surface area contributed by atoms with Gasteiger partial charge in [-0.2, -0.15) is 0 Å². The summed E-state index contributed by atoms with van der Waals surface area (Å²) in [6.45, 7) is 4.25. The predicted molar refractivity (Wildman–Crippen MR) is 169 cm³/mol. The Bertz CT molecular complexity index is 1510. The highest BCUT2D eigenvalue weighted by Crippen LogP contribution is 2.42. The van der Waals surface area contributed by atoms with E-state index in [1.807, 2.05) is 54.6 Å². The zero-order valence-electron chi connectivity index (χ0n) is 25.6. The number of para-hydroxylation sites is 1. The van der Waals surface area contributed by atoms with Crippen molar-refractivity contribution >= 4 is 28.4 Å². The molecule has 1 aromatic heterocycles. The molecule has 1 atom stereocenters. The molecule has 1 saturated carbocycles. The number of nitrogens with one attached hydrogen (secondary N) is 2. The van der Waals surface area contributed by atoms with E-state index in [0.29, 0.717) is 40.1 Å². The molecule has 0 radical (unpaired) electrons. The van der Waals surface area contributed by atoms with Gasteiger partial charge in [0.2, 0.25) is 11.7 Å². The van der Waals surface area contributed by atoms with Gasteiger partial charge in [0, 0.05) is 22.6 Å². The minimum absolute atomic E-state index is 0.0409. The third-order valence-corrected chi connectivity index (χ3v) is 8.28. The topological polar surface area (TPSA) is 92.9 Å². The molecule has 1 unspecified atom stereocenters. The van der Waals surface area contributed by atoms with Crippen LogP contribution in [0.25, 0.3) is 10.9 Å². The number of hydrogen-bond acceptors (Lipinski definition) is 5. The molecule has 0 saturated heterocycles. The average Bonchev–Trinajstić information content (AvgIpc) is 3.47. The lowest BCUT2D eigenvalue weighted by Crippen LogP contribution is -2.47. The summed E-state index contributed by atoms with van der Waals surface area (Å²) in [5.41, 5.74) is 3.51. The molecule has 0 spiro atoms. The second-order valence-electron chi connectivity index (χ2n) is 11.4. The van der Waals surface area contributed by atoms with Crippen LogP contribution in [0.5, 0.6) is 17.2 Å². The number of benzene rings is 3. The summed E-state index contributed by atoms with van der Waals surface area (Å²) in [5, 5.41) is 4.19. The van der Waals surface area contributed by atoms with E-state index in [2.05, 4.69) is 24.1 Å². The van der Waals surface area contributed by atoms with Gasteiger partial charge in [-0.25, -0.2) is 0 Å². The number of aromatic nitrogens is 1. The summed E-state index contributed by atoms with van der Waals surface area (Å²) in [6.07, 6.45) is 5.11. The number of carbonyl (C=O) groups is 2. The van der Waals surface area contributed by atoms with Crippen LogP contribution >= 0.6 is 0 Å². The van der Waals surface area contributed by atoms with E-state index in [1.54, 1.807) is 17.0 Å². The third kappa shape index (κ3) is 6.33. The van der Waals surface area contributed by atoms with Crippen LogP contribution in [0.1, 0.15) is 79.5 Å². The molecule has 2 N–H and O–H groups in total. The van der Waals surface area contributed by atoms with Crippen molar-refractivity contribution in [3.8, 4) is 17.2 Å². The van der Waals surface area contributed by atoms with Gasteiger partial charge in [0.1, 0.15) is 11.7 Å². The van der Waals surface area contributed by atoms with Crippen LogP contribution in [0.2, 0.25) is 0 Å². The Kier molecular flexibility index (Phi) is 9.24. The summed E-state index contributed by atoms with van der Waals surface area (Å²) in [5.74, 6) is 0.938. The molecular formula is C35H41N3O5. The Morgan fingerprint density at radius 1 is 0.837 bits per heavy atom. The van der Waals surface area contributed by atoms with Crippen LogP contribution < -0.4 is 24.4 Å². The molecular weight excluding hydrogens is 542 g/mol. The van der Waals surface area contributed by atoms with Gasteiger partial charge in [-0.3, -0.25) is 14.5 Å². The van der Waals surface area contributed by atoms with E-state index >= 15 is 0 Å². The van der Waals surface area contributed by atoms with E-state index in [1.165, 1.54) is 21.3 Å². The fourth-order valence-electron chi connectivity index (χ4n) is 5.93. The minimum Gasteiger partial charge on any atom is -0.493 e. The van der Waals surface area contributed by atoms with Crippen LogP contribution in [0.15, 0.2) is 66.7 Å². The summed E-state index contributed by atoms with van der Waals surface area (Å²) < 4.78 is 16.9. The molecule has 5 rings (SSSR count). The number of ether oxygens (including phenoxy) is 3. The first-order chi connectivity index (χ1) is 20.8. The highest BCUT2D eigenvalue weighted by atomic mass is 16.5. The number of carbonyl (C=O) groups excluding carboxylic acids is 2. The minimum atomic E-state index is -1.03. The van der Waals surface area contributed by atoms with Gasteiger partial charge in [-0.1, -0.05) is 63.4 Å². The van der Waals surface area contributed by atoms with Gasteiger partial charge in [-0.05, 0) is 66.3 Å². The molecule has 3 aromatic carbocycles. The maximum absolute atomic E-state index is 14.6. The molecule has 0 aliphatic heterocycles. The lowest BCUT2D eigenvalue weighted by molar-refractivity contribution is -0.123. The van der Waals surface area contributed by atoms with E-state index in [4.69, 9.17) is 14.2 Å². The monoisotopic (exact) mass is 583 g/mol. The number of amides is 2. The second-order valence-corrected chi connectivity index (χ2v) is 11.4. The molecule has 0 bridgehead atoms. The van der Waals surface area contributed by atoms with E-state index in [0.717, 1.165) is 48.6 Å². The quantitative estimate of drug-likeness (QED) is 0.207. The van der Waals surface area contributed by atoms with Gasteiger partial charge in [0.15, 0.2) is 11.5 Å². The molecule has 1 fully saturated rings. The van der Waals surface area contributed by atoms with Gasteiger partial charge < -0.3 is 24.5 Å². The first kappa shape index (κ1) is 30.0. The summed E-state index contributed by atoms with van der Waals surface area (Å²) in [7, 11) is 4.61. The number of hydrogen-bond donors (Lipinski definition) is 2. The van der Waals surface area contributed by atoms with Crippen molar-refractivity contribution in [1.82, 2.24) is 10.3 Å². The van der Waals surface area contributed by atoms with Crippen molar-refractivity contribution in [3.63, 3.8) is 0 Å². The molecule has 2 amide bonds. The molecule has 8 nitrogen and oxygen atoms in total. The summed E-state index contributed by atoms with van der Waals surface area (Å²) >= 11 is 0. The van der Waals surface area contributed by atoms with Gasteiger partial charge in [0.05, 0.1) is 21.3 Å². The van der Waals surface area contributed by atoms with Crippen molar-refractivity contribution in [2.24, 2.45) is 0 Å². The maximum atomic E-state index is 14.6. The van der Waals surface area contributed by atoms with Crippen LogP contribution in [-0.4, -0.2) is 44.2 Å². The largest absolute Gasteiger partial charge is 0.493 e.